The number of para-hydroxylation sites is 1. The Labute approximate surface area is 143 Å². The summed E-state index contributed by atoms with van der Waals surface area (Å²) >= 11 is 0. The molecule has 0 N–H and O–H groups in total. The molecule has 1 nitrogen and oxygen atoms in total. The van der Waals surface area contributed by atoms with Crippen LogP contribution in [0.3, 0.4) is 0 Å². The van der Waals surface area contributed by atoms with E-state index >= 15 is 0 Å². The van der Waals surface area contributed by atoms with Crippen LogP contribution in [-0.2, 0) is 6.61 Å². The summed E-state index contributed by atoms with van der Waals surface area (Å²) in [5.41, 5.74) is 2.51. The van der Waals surface area contributed by atoms with Crippen LogP contribution in [0.25, 0.3) is 0 Å². The molecule has 0 unspecified atom stereocenters. The van der Waals surface area contributed by atoms with E-state index in [-0.39, 0.29) is 0 Å². The van der Waals surface area contributed by atoms with Crippen molar-refractivity contribution in [3.05, 3.63) is 91.0 Å². The Bertz CT molecular complexity index is 494. The zero-order valence-corrected chi connectivity index (χ0v) is 15.4. The lowest BCUT2D eigenvalue weighted by Gasteiger charge is -2.07. The standard InChI is InChI=1S/C14H14O.C4H6.2C2H6/c1-12-7-5-6-8-13(12)11-15-14-9-3-2-4-10-14;1-3-4-2;2*1-2/h2-10H,11H2,1H3;3-4H,1-2H2;2*1-2H3. The predicted octanol–water partition coefficient (Wildman–Crippen LogP) is 6.98. The molecule has 0 amide bonds. The number of hydrogen-bond acceptors (Lipinski definition) is 1. The van der Waals surface area contributed by atoms with Crippen molar-refractivity contribution in [2.24, 2.45) is 0 Å². The number of hydrogen-bond donors (Lipinski definition) is 0. The average molecular weight is 312 g/mol. The topological polar surface area (TPSA) is 9.23 Å². The Morgan fingerprint density at radius 1 is 0.783 bits per heavy atom. The van der Waals surface area contributed by atoms with Crippen LogP contribution in [0, 0.1) is 6.92 Å². The van der Waals surface area contributed by atoms with E-state index in [4.69, 9.17) is 4.74 Å². The Morgan fingerprint density at radius 2 is 1.26 bits per heavy atom. The maximum absolute atomic E-state index is 5.67. The highest BCUT2D eigenvalue weighted by Gasteiger charge is 1.97. The summed E-state index contributed by atoms with van der Waals surface area (Å²) in [6.07, 6.45) is 3.28. The van der Waals surface area contributed by atoms with Crippen LogP contribution in [0.1, 0.15) is 38.8 Å². The van der Waals surface area contributed by atoms with Gasteiger partial charge in [0.25, 0.3) is 0 Å². The molecule has 0 heterocycles. The van der Waals surface area contributed by atoms with Crippen LogP contribution < -0.4 is 4.74 Å². The minimum atomic E-state index is 0.636. The fourth-order valence-corrected chi connectivity index (χ4v) is 1.45. The maximum atomic E-state index is 5.67. The summed E-state index contributed by atoms with van der Waals surface area (Å²) < 4.78 is 5.67. The van der Waals surface area contributed by atoms with Crippen molar-refractivity contribution in [1.82, 2.24) is 0 Å². The van der Waals surface area contributed by atoms with Gasteiger partial charge in [0.1, 0.15) is 12.4 Å². The van der Waals surface area contributed by atoms with E-state index < -0.39 is 0 Å². The quantitative estimate of drug-likeness (QED) is 0.553. The normalized spacial score (nSPS) is 7.87. The van der Waals surface area contributed by atoms with E-state index in [9.17, 15) is 0 Å². The zero-order valence-electron chi connectivity index (χ0n) is 15.4. The third-order valence-electron chi connectivity index (χ3n) is 2.57. The second-order valence-corrected chi connectivity index (χ2v) is 4.00. The van der Waals surface area contributed by atoms with Crippen molar-refractivity contribution in [2.45, 2.75) is 41.2 Å². The number of rotatable bonds is 4. The Hall–Kier alpha value is -2.28. The van der Waals surface area contributed by atoms with E-state index in [1.165, 1.54) is 11.1 Å². The maximum Gasteiger partial charge on any atom is 0.119 e. The molecule has 0 bridgehead atoms. The number of aryl methyl sites for hydroxylation is 1. The van der Waals surface area contributed by atoms with E-state index in [1.54, 1.807) is 12.2 Å². The van der Waals surface area contributed by atoms with E-state index in [2.05, 4.69) is 32.2 Å². The van der Waals surface area contributed by atoms with Gasteiger partial charge in [0.2, 0.25) is 0 Å². The second kappa shape index (κ2) is 17.8. The molecule has 2 aromatic carbocycles. The summed E-state index contributed by atoms with van der Waals surface area (Å²) in [5.74, 6) is 0.917. The molecular formula is C22H32O. The third-order valence-corrected chi connectivity index (χ3v) is 2.57. The fraction of sp³-hybridized carbons (Fsp3) is 0.273. The molecule has 0 aliphatic carbocycles. The van der Waals surface area contributed by atoms with Crippen molar-refractivity contribution >= 4 is 0 Å². The van der Waals surface area contributed by atoms with E-state index in [0.717, 1.165) is 5.75 Å². The first-order valence-electron chi connectivity index (χ1n) is 8.23. The van der Waals surface area contributed by atoms with Gasteiger partial charge in [0.05, 0.1) is 0 Å². The third kappa shape index (κ3) is 12.0. The number of ether oxygens (including phenoxy) is 1. The first-order chi connectivity index (χ1) is 11.3. The molecule has 2 aromatic rings. The summed E-state index contributed by atoms with van der Waals surface area (Å²) in [5, 5.41) is 0. The highest BCUT2D eigenvalue weighted by atomic mass is 16.5. The van der Waals surface area contributed by atoms with Gasteiger partial charge in [-0.1, -0.05) is 95.5 Å². The Morgan fingerprint density at radius 3 is 1.74 bits per heavy atom. The predicted molar refractivity (Wildman–Crippen MR) is 105 cm³/mol. The smallest absolute Gasteiger partial charge is 0.119 e. The van der Waals surface area contributed by atoms with Gasteiger partial charge in [-0.3, -0.25) is 0 Å². The lowest BCUT2D eigenvalue weighted by atomic mass is 10.1. The molecule has 0 aliphatic rings. The summed E-state index contributed by atoms with van der Waals surface area (Å²) in [6.45, 7) is 17.5. The van der Waals surface area contributed by atoms with Gasteiger partial charge in [0.15, 0.2) is 0 Å². The monoisotopic (exact) mass is 312 g/mol. The Balaban J connectivity index is 0. The van der Waals surface area contributed by atoms with Gasteiger partial charge >= 0.3 is 0 Å². The molecule has 0 spiro atoms. The van der Waals surface area contributed by atoms with Gasteiger partial charge in [-0.05, 0) is 30.2 Å². The van der Waals surface area contributed by atoms with Crippen LogP contribution in [0.15, 0.2) is 79.9 Å². The minimum absolute atomic E-state index is 0.636. The summed E-state index contributed by atoms with van der Waals surface area (Å²) in [7, 11) is 0. The number of benzene rings is 2. The molecule has 0 saturated carbocycles. The molecule has 0 radical (unpaired) electrons. The highest BCUT2D eigenvalue weighted by molar-refractivity contribution is 5.26. The van der Waals surface area contributed by atoms with E-state index in [1.807, 2.05) is 70.2 Å². The fourth-order valence-electron chi connectivity index (χ4n) is 1.45. The van der Waals surface area contributed by atoms with Crippen LogP contribution in [-0.4, -0.2) is 0 Å². The summed E-state index contributed by atoms with van der Waals surface area (Å²) in [4.78, 5) is 0. The molecule has 0 saturated heterocycles. The SMILES string of the molecule is C=CC=C.CC.CC.Cc1ccccc1COc1ccccc1. The first-order valence-corrected chi connectivity index (χ1v) is 8.23. The molecule has 1 heteroatoms. The Kier molecular flexibility index (Phi) is 17.8. The molecule has 23 heavy (non-hydrogen) atoms. The zero-order chi connectivity index (χ0) is 17.9. The van der Waals surface area contributed by atoms with Crippen LogP contribution >= 0.6 is 0 Å². The first kappa shape index (κ1) is 23.0. The van der Waals surface area contributed by atoms with Gasteiger partial charge < -0.3 is 4.74 Å². The van der Waals surface area contributed by atoms with Crippen LogP contribution in [0.4, 0.5) is 0 Å². The van der Waals surface area contributed by atoms with Crippen molar-refractivity contribution in [3.8, 4) is 5.75 Å². The van der Waals surface area contributed by atoms with Gasteiger partial charge in [-0.15, -0.1) is 0 Å². The van der Waals surface area contributed by atoms with Crippen molar-refractivity contribution < 1.29 is 4.74 Å². The van der Waals surface area contributed by atoms with Crippen molar-refractivity contribution in [1.29, 1.82) is 0 Å². The van der Waals surface area contributed by atoms with Gasteiger partial charge in [-0.2, -0.15) is 0 Å². The van der Waals surface area contributed by atoms with Crippen molar-refractivity contribution in [3.63, 3.8) is 0 Å². The highest BCUT2D eigenvalue weighted by Crippen LogP contribution is 2.13. The average Bonchev–Trinajstić information content (AvgIpc) is 2.65. The lowest BCUT2D eigenvalue weighted by Crippen LogP contribution is -1.97. The molecule has 126 valence electrons. The molecule has 2 rings (SSSR count). The molecule has 0 fully saturated rings. The molecular weight excluding hydrogens is 280 g/mol. The lowest BCUT2D eigenvalue weighted by molar-refractivity contribution is 0.305. The number of allylic oxidation sites excluding steroid dienone is 2. The summed E-state index contributed by atoms with van der Waals surface area (Å²) in [6, 6.07) is 18.2. The van der Waals surface area contributed by atoms with Crippen LogP contribution in [0.5, 0.6) is 5.75 Å². The molecule has 0 aliphatic heterocycles. The largest absolute Gasteiger partial charge is 0.489 e. The van der Waals surface area contributed by atoms with Crippen molar-refractivity contribution in [2.75, 3.05) is 0 Å². The van der Waals surface area contributed by atoms with E-state index in [0.29, 0.717) is 6.61 Å². The van der Waals surface area contributed by atoms with Crippen LogP contribution in [0.2, 0.25) is 0 Å². The molecule has 0 aromatic heterocycles. The minimum Gasteiger partial charge on any atom is -0.489 e. The van der Waals surface area contributed by atoms with Gasteiger partial charge in [0, 0.05) is 0 Å². The van der Waals surface area contributed by atoms with Gasteiger partial charge in [-0.25, -0.2) is 0 Å². The molecule has 0 atom stereocenters. The second-order valence-electron chi connectivity index (χ2n) is 4.00.